The number of carbonyl (C=O) groups excluding carboxylic acids is 2. The minimum atomic E-state index is -3.82. The van der Waals surface area contributed by atoms with Crippen molar-refractivity contribution in [2.45, 2.75) is 43.5 Å². The molecule has 1 aromatic carbocycles. The number of benzene rings is 1. The van der Waals surface area contributed by atoms with E-state index in [-0.39, 0.29) is 23.1 Å². The van der Waals surface area contributed by atoms with E-state index < -0.39 is 16.1 Å². The molecule has 0 spiro atoms. The first-order valence-corrected chi connectivity index (χ1v) is 9.59. The van der Waals surface area contributed by atoms with Crippen LogP contribution < -0.4 is 10.0 Å². The van der Waals surface area contributed by atoms with Gasteiger partial charge in [0.1, 0.15) is 0 Å². The summed E-state index contributed by atoms with van der Waals surface area (Å²) in [5.74, 6) is -0.350. The van der Waals surface area contributed by atoms with Crippen molar-refractivity contribution in [3.63, 3.8) is 0 Å². The topological polar surface area (TPSA) is 95.6 Å². The quantitative estimate of drug-likeness (QED) is 0.841. The average Bonchev–Trinajstić information content (AvgIpc) is 2.93. The van der Waals surface area contributed by atoms with Gasteiger partial charge in [-0.1, -0.05) is 0 Å². The second-order valence-electron chi connectivity index (χ2n) is 6.27. The highest BCUT2D eigenvalue weighted by atomic mass is 32.2. The predicted octanol–water partition coefficient (Wildman–Crippen LogP) is 0.860. The molecule has 3 rings (SSSR count). The molecule has 2 aliphatic heterocycles. The number of piperidine rings is 1. The molecule has 2 aliphatic rings. The summed E-state index contributed by atoms with van der Waals surface area (Å²) < 4.78 is 27.5. The minimum absolute atomic E-state index is 0.0658. The number of nitrogens with one attached hydrogen (secondary N) is 2. The highest BCUT2D eigenvalue weighted by Gasteiger charge is 2.28. The fourth-order valence-electron chi connectivity index (χ4n) is 3.11. The Morgan fingerprint density at radius 2 is 1.96 bits per heavy atom. The summed E-state index contributed by atoms with van der Waals surface area (Å²) in [6.07, 6.45) is 3.18. The summed E-state index contributed by atoms with van der Waals surface area (Å²) in [7, 11) is -3.82. The predicted molar refractivity (Wildman–Crippen MR) is 89.0 cm³/mol. The maximum Gasteiger partial charge on any atom is 0.241 e. The van der Waals surface area contributed by atoms with Gasteiger partial charge in [-0.3, -0.25) is 9.59 Å². The van der Waals surface area contributed by atoms with E-state index in [1.54, 1.807) is 17.9 Å². The van der Waals surface area contributed by atoms with Crippen LogP contribution in [-0.2, 0) is 26.0 Å². The SMILES string of the molecule is C[C@H](NS(=O)(=O)c1ccc2c(c1)CC(=O)N2)C(=O)N1CCCCC1. The number of likely N-dealkylation sites (tertiary alicyclic amines) is 1. The molecule has 1 fully saturated rings. The van der Waals surface area contributed by atoms with E-state index in [1.165, 1.54) is 12.1 Å². The van der Waals surface area contributed by atoms with Crippen LogP contribution in [0.5, 0.6) is 0 Å². The van der Waals surface area contributed by atoms with Crippen molar-refractivity contribution in [2.24, 2.45) is 0 Å². The molecular formula is C16H21N3O4S. The molecule has 1 saturated heterocycles. The Hall–Kier alpha value is -1.93. The lowest BCUT2D eigenvalue weighted by Crippen LogP contribution is -2.48. The monoisotopic (exact) mass is 351 g/mol. The Bertz CT molecular complexity index is 770. The number of fused-ring (bicyclic) bond motifs is 1. The molecule has 0 radical (unpaired) electrons. The van der Waals surface area contributed by atoms with E-state index in [1.807, 2.05) is 0 Å². The van der Waals surface area contributed by atoms with E-state index >= 15 is 0 Å². The van der Waals surface area contributed by atoms with Gasteiger partial charge in [0.2, 0.25) is 21.8 Å². The van der Waals surface area contributed by atoms with Gasteiger partial charge in [-0.15, -0.1) is 0 Å². The lowest BCUT2D eigenvalue weighted by molar-refractivity contribution is -0.133. The van der Waals surface area contributed by atoms with Crippen LogP contribution in [0.1, 0.15) is 31.7 Å². The summed E-state index contributed by atoms with van der Waals surface area (Å²) >= 11 is 0. The number of sulfonamides is 1. The molecule has 2 N–H and O–H groups in total. The van der Waals surface area contributed by atoms with Crippen molar-refractivity contribution >= 4 is 27.5 Å². The Morgan fingerprint density at radius 1 is 1.25 bits per heavy atom. The summed E-state index contributed by atoms with van der Waals surface area (Å²) in [6, 6.07) is 3.67. The maximum atomic E-state index is 12.5. The molecule has 24 heavy (non-hydrogen) atoms. The van der Waals surface area contributed by atoms with Crippen molar-refractivity contribution in [1.29, 1.82) is 0 Å². The lowest BCUT2D eigenvalue weighted by atomic mass is 10.1. The van der Waals surface area contributed by atoms with Gasteiger partial charge in [-0.05, 0) is 49.9 Å². The zero-order chi connectivity index (χ0) is 17.3. The smallest absolute Gasteiger partial charge is 0.241 e. The van der Waals surface area contributed by atoms with Crippen molar-refractivity contribution in [3.8, 4) is 0 Å². The molecule has 0 saturated carbocycles. The third kappa shape index (κ3) is 3.44. The van der Waals surface area contributed by atoms with Crippen LogP contribution in [0.2, 0.25) is 0 Å². The number of amides is 2. The van der Waals surface area contributed by atoms with Crippen LogP contribution >= 0.6 is 0 Å². The second-order valence-corrected chi connectivity index (χ2v) is 7.99. The number of rotatable bonds is 4. The number of nitrogens with zero attached hydrogens (tertiary/aromatic N) is 1. The van der Waals surface area contributed by atoms with Crippen LogP contribution in [0.25, 0.3) is 0 Å². The number of carbonyl (C=O) groups is 2. The zero-order valence-electron chi connectivity index (χ0n) is 13.5. The van der Waals surface area contributed by atoms with Crippen LogP contribution in [0.3, 0.4) is 0 Å². The van der Waals surface area contributed by atoms with E-state index in [2.05, 4.69) is 10.0 Å². The third-order valence-electron chi connectivity index (χ3n) is 4.38. The second kappa shape index (κ2) is 6.52. The molecule has 0 aliphatic carbocycles. The molecule has 2 amide bonds. The number of hydrogen-bond acceptors (Lipinski definition) is 4. The van der Waals surface area contributed by atoms with E-state index in [0.29, 0.717) is 24.3 Å². The van der Waals surface area contributed by atoms with Gasteiger partial charge in [0.15, 0.2) is 0 Å². The fraction of sp³-hybridized carbons (Fsp3) is 0.500. The largest absolute Gasteiger partial charge is 0.341 e. The summed E-state index contributed by atoms with van der Waals surface area (Å²) in [4.78, 5) is 25.5. The highest BCUT2D eigenvalue weighted by molar-refractivity contribution is 7.89. The molecule has 8 heteroatoms. The minimum Gasteiger partial charge on any atom is -0.341 e. The number of hydrogen-bond donors (Lipinski definition) is 2. The van der Waals surface area contributed by atoms with Gasteiger partial charge in [-0.2, -0.15) is 4.72 Å². The molecule has 0 unspecified atom stereocenters. The van der Waals surface area contributed by atoms with Crippen LogP contribution in [0.4, 0.5) is 5.69 Å². The van der Waals surface area contributed by atoms with Crippen molar-refractivity contribution in [3.05, 3.63) is 23.8 Å². The average molecular weight is 351 g/mol. The van der Waals surface area contributed by atoms with Gasteiger partial charge >= 0.3 is 0 Å². The first-order chi connectivity index (χ1) is 11.4. The van der Waals surface area contributed by atoms with E-state index in [9.17, 15) is 18.0 Å². The molecular weight excluding hydrogens is 330 g/mol. The Morgan fingerprint density at radius 3 is 2.67 bits per heavy atom. The molecule has 130 valence electrons. The Labute approximate surface area is 141 Å². The lowest BCUT2D eigenvalue weighted by Gasteiger charge is -2.29. The van der Waals surface area contributed by atoms with Gasteiger partial charge in [0.25, 0.3) is 0 Å². The molecule has 0 aromatic heterocycles. The fourth-order valence-corrected chi connectivity index (χ4v) is 4.36. The summed E-state index contributed by atoms with van der Waals surface area (Å²) in [5, 5.41) is 2.66. The van der Waals surface area contributed by atoms with Gasteiger partial charge in [0, 0.05) is 18.8 Å². The van der Waals surface area contributed by atoms with E-state index in [0.717, 1.165) is 19.3 Å². The highest BCUT2D eigenvalue weighted by Crippen LogP contribution is 2.25. The van der Waals surface area contributed by atoms with Gasteiger partial charge in [0.05, 0.1) is 17.4 Å². The standard InChI is InChI=1S/C16H21N3O4S/c1-11(16(21)19-7-3-2-4-8-19)18-24(22,23)13-5-6-14-12(9-13)10-15(20)17-14/h5-6,9,11,18H,2-4,7-8,10H2,1H3,(H,17,20)/t11-/m0/s1. The Kier molecular flexibility index (Phi) is 4.60. The van der Waals surface area contributed by atoms with Crippen LogP contribution in [0.15, 0.2) is 23.1 Å². The third-order valence-corrected chi connectivity index (χ3v) is 5.92. The van der Waals surface area contributed by atoms with Crippen molar-refractivity contribution in [1.82, 2.24) is 9.62 Å². The number of anilines is 1. The molecule has 7 nitrogen and oxygen atoms in total. The summed E-state index contributed by atoms with van der Waals surface area (Å²) in [5.41, 5.74) is 1.29. The van der Waals surface area contributed by atoms with Crippen LogP contribution in [-0.4, -0.2) is 44.3 Å². The van der Waals surface area contributed by atoms with Gasteiger partial charge in [-0.25, -0.2) is 8.42 Å². The normalized spacial score (nSPS) is 18.9. The molecule has 2 heterocycles. The zero-order valence-corrected chi connectivity index (χ0v) is 14.4. The van der Waals surface area contributed by atoms with Gasteiger partial charge < -0.3 is 10.2 Å². The molecule has 1 aromatic rings. The van der Waals surface area contributed by atoms with E-state index in [4.69, 9.17) is 0 Å². The van der Waals surface area contributed by atoms with Crippen LogP contribution in [0, 0.1) is 0 Å². The molecule has 1 atom stereocenters. The van der Waals surface area contributed by atoms with Crippen molar-refractivity contribution < 1.29 is 18.0 Å². The summed E-state index contributed by atoms with van der Waals surface area (Å²) in [6.45, 7) is 2.92. The maximum absolute atomic E-state index is 12.5. The Balaban J connectivity index is 1.72. The van der Waals surface area contributed by atoms with Crippen molar-refractivity contribution in [2.75, 3.05) is 18.4 Å². The molecule has 0 bridgehead atoms. The first kappa shape index (κ1) is 16.9. The first-order valence-electron chi connectivity index (χ1n) is 8.11.